The van der Waals surface area contributed by atoms with Gasteiger partial charge in [-0.2, -0.15) is 0 Å². The molecule has 0 aromatic heterocycles. The van der Waals surface area contributed by atoms with Crippen molar-refractivity contribution < 1.29 is 24.9 Å². The molecule has 4 rings (SSSR count). The van der Waals surface area contributed by atoms with Gasteiger partial charge in [0.1, 0.15) is 11.9 Å². The van der Waals surface area contributed by atoms with Crippen molar-refractivity contribution in [2.24, 2.45) is 28.6 Å². The quantitative estimate of drug-likeness (QED) is 0.695. The van der Waals surface area contributed by atoms with Crippen LogP contribution in [0.1, 0.15) is 46.0 Å². The fourth-order valence-corrected chi connectivity index (χ4v) is 6.76. The Bertz CT molecular complexity index is 724. The van der Waals surface area contributed by atoms with Gasteiger partial charge in [0.15, 0.2) is 5.78 Å². The van der Waals surface area contributed by atoms with E-state index in [0.29, 0.717) is 6.42 Å². The molecule has 0 radical (unpaired) electrons. The van der Waals surface area contributed by atoms with Gasteiger partial charge < -0.3 is 15.3 Å². The highest BCUT2D eigenvalue weighted by molar-refractivity contribution is 6.01. The van der Waals surface area contributed by atoms with E-state index >= 15 is 0 Å². The third-order valence-electron chi connectivity index (χ3n) is 8.20. The minimum absolute atomic E-state index is 0.00895. The summed E-state index contributed by atoms with van der Waals surface area (Å²) in [5.74, 6) is 0.164. The molecule has 0 saturated heterocycles. The fraction of sp³-hybridized carbons (Fsp3) is 0.714. The summed E-state index contributed by atoms with van der Waals surface area (Å²) >= 11 is 0. The van der Waals surface area contributed by atoms with Gasteiger partial charge in [0.05, 0.1) is 12.2 Å². The third kappa shape index (κ3) is 2.08. The Hall–Kier alpha value is -1.30. The van der Waals surface area contributed by atoms with Gasteiger partial charge in [0.25, 0.3) is 0 Å². The second-order valence-corrected chi connectivity index (χ2v) is 9.20. The Morgan fingerprint density at radius 2 is 2.00 bits per heavy atom. The lowest BCUT2D eigenvalue weighted by atomic mass is 9.46. The monoisotopic (exact) mass is 360 g/mol. The molecule has 142 valence electrons. The summed E-state index contributed by atoms with van der Waals surface area (Å²) in [7, 11) is 0. The Balaban J connectivity index is 1.75. The Kier molecular flexibility index (Phi) is 3.89. The predicted molar refractivity (Wildman–Crippen MR) is 95.0 cm³/mol. The molecule has 0 bridgehead atoms. The molecule has 0 aromatic carbocycles. The number of aliphatic hydroxyl groups excluding tert-OH is 2. The molecule has 3 fully saturated rings. The summed E-state index contributed by atoms with van der Waals surface area (Å²) < 4.78 is 0. The molecule has 0 unspecified atom stereocenters. The third-order valence-corrected chi connectivity index (χ3v) is 8.20. The molecule has 0 aliphatic heterocycles. The number of Topliss-reactive ketones (excluding diaryl/α,β-unsaturated/α-hetero) is 1. The van der Waals surface area contributed by atoms with Gasteiger partial charge >= 0.3 is 0 Å². The van der Waals surface area contributed by atoms with E-state index in [2.05, 4.69) is 6.92 Å². The molecular weight excluding hydrogens is 332 g/mol. The number of carbonyl (C=O) groups is 2. The number of rotatable bonds is 2. The van der Waals surface area contributed by atoms with Gasteiger partial charge in [-0.15, -0.1) is 0 Å². The second-order valence-electron chi connectivity index (χ2n) is 9.20. The number of allylic oxidation sites excluding steroid dienone is 4. The fourth-order valence-electron chi connectivity index (χ4n) is 6.76. The van der Waals surface area contributed by atoms with Gasteiger partial charge in [-0.3, -0.25) is 9.59 Å². The minimum atomic E-state index is -1.43. The van der Waals surface area contributed by atoms with Crippen molar-refractivity contribution in [1.82, 2.24) is 0 Å². The van der Waals surface area contributed by atoms with Gasteiger partial charge in [-0.05, 0) is 49.7 Å². The minimum Gasteiger partial charge on any atom is -0.394 e. The number of hydrogen-bond acceptors (Lipinski definition) is 5. The highest BCUT2D eigenvalue weighted by Gasteiger charge is 2.67. The zero-order chi connectivity index (χ0) is 18.9. The number of ketones is 2. The average molecular weight is 360 g/mol. The number of aliphatic hydroxyl groups is 3. The topological polar surface area (TPSA) is 94.8 Å². The molecule has 0 aromatic rings. The Morgan fingerprint density at radius 3 is 2.69 bits per heavy atom. The zero-order valence-corrected chi connectivity index (χ0v) is 15.4. The van der Waals surface area contributed by atoms with Crippen LogP contribution < -0.4 is 0 Å². The molecule has 4 aliphatic rings. The van der Waals surface area contributed by atoms with Crippen LogP contribution in [0.2, 0.25) is 0 Å². The van der Waals surface area contributed by atoms with Crippen LogP contribution in [0.4, 0.5) is 0 Å². The summed E-state index contributed by atoms with van der Waals surface area (Å²) in [6.07, 6.45) is 6.91. The molecule has 3 N–H and O–H groups in total. The van der Waals surface area contributed by atoms with Gasteiger partial charge in [0, 0.05) is 23.2 Å². The van der Waals surface area contributed by atoms with E-state index in [-0.39, 0.29) is 35.7 Å². The molecule has 26 heavy (non-hydrogen) atoms. The van der Waals surface area contributed by atoms with Crippen LogP contribution in [-0.4, -0.2) is 45.2 Å². The standard InChI is InChI=1S/C21H28O5/c1-19-7-5-13(23)9-12(19)3-4-14-15-6-8-21(26,17(25)11-22)20(15,2)10-16(24)18(14)19/h5,7,9,14-15,17-18,22,25-26H,3-4,6,8,10-11H2,1-2H3/t14-,15-,17+,18+,19+,20+,21+/m1/s1. The van der Waals surface area contributed by atoms with Crippen LogP contribution in [-0.2, 0) is 9.59 Å². The normalized spacial score (nSPS) is 48.5. The maximum absolute atomic E-state index is 13.3. The lowest BCUT2D eigenvalue weighted by molar-refractivity contribution is -0.186. The molecular formula is C21H28O5. The first-order valence-corrected chi connectivity index (χ1v) is 9.65. The lowest BCUT2D eigenvalue weighted by Crippen LogP contribution is -2.61. The van der Waals surface area contributed by atoms with E-state index in [1.54, 1.807) is 12.2 Å². The maximum Gasteiger partial charge on any atom is 0.178 e. The summed E-state index contributed by atoms with van der Waals surface area (Å²) in [5, 5.41) is 31.0. The van der Waals surface area contributed by atoms with Crippen LogP contribution in [0.3, 0.4) is 0 Å². The van der Waals surface area contributed by atoms with Crippen LogP contribution in [0, 0.1) is 28.6 Å². The van der Waals surface area contributed by atoms with Gasteiger partial charge in [-0.1, -0.05) is 25.5 Å². The van der Waals surface area contributed by atoms with Crippen LogP contribution in [0.5, 0.6) is 0 Å². The lowest BCUT2D eigenvalue weighted by Gasteiger charge is -2.57. The average Bonchev–Trinajstić information content (AvgIpc) is 2.86. The largest absolute Gasteiger partial charge is 0.394 e. The molecule has 3 saturated carbocycles. The van der Waals surface area contributed by atoms with E-state index in [4.69, 9.17) is 0 Å². The Labute approximate surface area is 153 Å². The zero-order valence-electron chi connectivity index (χ0n) is 15.4. The molecule has 0 heterocycles. The highest BCUT2D eigenvalue weighted by Crippen LogP contribution is 2.66. The Morgan fingerprint density at radius 1 is 1.27 bits per heavy atom. The molecule has 5 heteroatoms. The van der Waals surface area contributed by atoms with E-state index in [1.165, 1.54) is 0 Å². The van der Waals surface area contributed by atoms with Gasteiger partial charge in [0.2, 0.25) is 0 Å². The summed E-state index contributed by atoms with van der Waals surface area (Å²) in [4.78, 5) is 25.1. The first-order chi connectivity index (χ1) is 12.2. The molecule has 0 spiro atoms. The maximum atomic E-state index is 13.3. The summed E-state index contributed by atoms with van der Waals surface area (Å²) in [6.45, 7) is 3.46. The van der Waals surface area contributed by atoms with E-state index in [9.17, 15) is 24.9 Å². The van der Waals surface area contributed by atoms with Crippen molar-refractivity contribution in [3.05, 3.63) is 23.8 Å². The molecule has 7 atom stereocenters. The van der Waals surface area contributed by atoms with Crippen molar-refractivity contribution >= 4 is 11.6 Å². The van der Waals surface area contributed by atoms with Crippen LogP contribution in [0.15, 0.2) is 23.8 Å². The predicted octanol–water partition coefficient (Wildman–Crippen LogP) is 1.56. The number of carbonyl (C=O) groups excluding carboxylic acids is 2. The molecule has 4 aliphatic carbocycles. The van der Waals surface area contributed by atoms with Crippen molar-refractivity contribution in [3.8, 4) is 0 Å². The van der Waals surface area contributed by atoms with Crippen molar-refractivity contribution in [2.45, 2.75) is 57.7 Å². The van der Waals surface area contributed by atoms with E-state index in [1.807, 2.05) is 13.0 Å². The van der Waals surface area contributed by atoms with E-state index in [0.717, 1.165) is 24.8 Å². The first kappa shape index (κ1) is 18.1. The van der Waals surface area contributed by atoms with E-state index < -0.39 is 29.1 Å². The van der Waals surface area contributed by atoms with Crippen LogP contribution >= 0.6 is 0 Å². The smallest absolute Gasteiger partial charge is 0.178 e. The first-order valence-electron chi connectivity index (χ1n) is 9.65. The highest BCUT2D eigenvalue weighted by atomic mass is 16.4. The molecule has 0 amide bonds. The van der Waals surface area contributed by atoms with Crippen molar-refractivity contribution in [2.75, 3.05) is 6.61 Å². The molecule has 5 nitrogen and oxygen atoms in total. The summed E-state index contributed by atoms with van der Waals surface area (Å²) in [5.41, 5.74) is -1.53. The summed E-state index contributed by atoms with van der Waals surface area (Å²) in [6, 6.07) is 0. The van der Waals surface area contributed by atoms with Crippen LogP contribution in [0.25, 0.3) is 0 Å². The SMILES string of the molecule is C[C@]12C=CC(=O)C=C1CC[C@H]1[C@H]2C(=O)C[C@@]2(C)[C@@H]1CC[C@]2(O)[C@@H](O)CO. The van der Waals surface area contributed by atoms with Gasteiger partial charge in [-0.25, -0.2) is 0 Å². The number of hydrogen-bond donors (Lipinski definition) is 3. The van der Waals surface area contributed by atoms with Crippen molar-refractivity contribution in [1.29, 1.82) is 0 Å². The second kappa shape index (κ2) is 5.60. The number of fused-ring (bicyclic) bond motifs is 5. The van der Waals surface area contributed by atoms with Crippen molar-refractivity contribution in [3.63, 3.8) is 0 Å².